The lowest BCUT2D eigenvalue weighted by atomic mass is 9.78. The lowest BCUT2D eigenvalue weighted by Gasteiger charge is -2.42. The van der Waals surface area contributed by atoms with Crippen LogP contribution < -0.4 is 4.90 Å². The summed E-state index contributed by atoms with van der Waals surface area (Å²) < 4.78 is 0. The van der Waals surface area contributed by atoms with Crippen molar-refractivity contribution >= 4 is 5.82 Å². The first-order valence-electron chi connectivity index (χ1n) is 6.47. The molecule has 0 radical (unpaired) electrons. The third-order valence-electron chi connectivity index (χ3n) is 4.06. The van der Waals surface area contributed by atoms with Crippen molar-refractivity contribution in [2.24, 2.45) is 11.8 Å². The Labute approximate surface area is 102 Å². The van der Waals surface area contributed by atoms with Crippen LogP contribution in [-0.4, -0.2) is 18.1 Å². The van der Waals surface area contributed by atoms with E-state index in [4.69, 9.17) is 5.26 Å². The van der Waals surface area contributed by atoms with Crippen molar-refractivity contribution in [1.29, 1.82) is 5.26 Å². The minimum atomic E-state index is 0.715. The van der Waals surface area contributed by atoms with Crippen molar-refractivity contribution in [2.45, 2.75) is 25.7 Å². The van der Waals surface area contributed by atoms with E-state index in [0.29, 0.717) is 5.56 Å². The Morgan fingerprint density at radius 2 is 2.06 bits per heavy atom. The van der Waals surface area contributed by atoms with E-state index in [0.717, 1.165) is 30.7 Å². The molecule has 17 heavy (non-hydrogen) atoms. The number of anilines is 1. The van der Waals surface area contributed by atoms with Gasteiger partial charge in [-0.05, 0) is 43.2 Å². The van der Waals surface area contributed by atoms with Crippen LogP contribution in [0.15, 0.2) is 18.3 Å². The highest BCUT2D eigenvalue weighted by Crippen LogP contribution is 2.36. The minimum absolute atomic E-state index is 0.715. The molecule has 3 heteroatoms. The number of nitriles is 1. The molecule has 1 aromatic rings. The van der Waals surface area contributed by atoms with Gasteiger partial charge in [0.25, 0.3) is 0 Å². The van der Waals surface area contributed by atoms with Gasteiger partial charge in [0.1, 0.15) is 11.9 Å². The van der Waals surface area contributed by atoms with Crippen LogP contribution in [0, 0.1) is 23.2 Å². The SMILES string of the molecule is N#Cc1cccnc1N1CC2CCCC(C2)C1. The molecule has 1 saturated carbocycles. The number of nitrogens with zero attached hydrogens (tertiary/aromatic N) is 3. The van der Waals surface area contributed by atoms with Crippen LogP contribution in [0.5, 0.6) is 0 Å². The quantitative estimate of drug-likeness (QED) is 0.740. The molecule has 2 bridgehead atoms. The summed E-state index contributed by atoms with van der Waals surface area (Å²) in [5, 5.41) is 9.14. The van der Waals surface area contributed by atoms with Gasteiger partial charge in [-0.2, -0.15) is 5.26 Å². The topological polar surface area (TPSA) is 39.9 Å². The molecular weight excluding hydrogens is 210 g/mol. The molecule has 2 unspecified atom stereocenters. The van der Waals surface area contributed by atoms with E-state index in [1.165, 1.54) is 25.7 Å². The molecule has 3 nitrogen and oxygen atoms in total. The Hall–Kier alpha value is -1.56. The largest absolute Gasteiger partial charge is 0.355 e. The molecular formula is C14H17N3. The zero-order valence-corrected chi connectivity index (χ0v) is 9.97. The van der Waals surface area contributed by atoms with Crippen molar-refractivity contribution in [3.8, 4) is 6.07 Å². The molecule has 1 aromatic heterocycles. The van der Waals surface area contributed by atoms with Gasteiger partial charge in [-0.15, -0.1) is 0 Å². The third kappa shape index (κ3) is 2.00. The predicted molar refractivity (Wildman–Crippen MR) is 66.6 cm³/mol. The maximum atomic E-state index is 9.14. The average molecular weight is 227 g/mol. The first-order chi connectivity index (χ1) is 8.36. The second kappa shape index (κ2) is 4.37. The Morgan fingerprint density at radius 1 is 1.29 bits per heavy atom. The molecule has 2 heterocycles. The molecule has 2 aliphatic rings. The van der Waals surface area contributed by atoms with E-state index in [-0.39, 0.29) is 0 Å². The smallest absolute Gasteiger partial charge is 0.146 e. The van der Waals surface area contributed by atoms with Gasteiger partial charge in [-0.3, -0.25) is 0 Å². The summed E-state index contributed by atoms with van der Waals surface area (Å²) in [6.45, 7) is 2.17. The normalized spacial score (nSPS) is 27.6. The Balaban J connectivity index is 1.87. The number of piperidine rings is 1. The fourth-order valence-electron chi connectivity index (χ4n) is 3.34. The van der Waals surface area contributed by atoms with Crippen molar-refractivity contribution in [3.63, 3.8) is 0 Å². The van der Waals surface area contributed by atoms with Crippen LogP contribution in [-0.2, 0) is 0 Å². The van der Waals surface area contributed by atoms with Crippen LogP contribution in [0.25, 0.3) is 0 Å². The summed E-state index contributed by atoms with van der Waals surface area (Å²) in [7, 11) is 0. The summed E-state index contributed by atoms with van der Waals surface area (Å²) in [5.41, 5.74) is 0.715. The van der Waals surface area contributed by atoms with Crippen LogP contribution in [0.1, 0.15) is 31.2 Å². The van der Waals surface area contributed by atoms with Crippen molar-refractivity contribution < 1.29 is 0 Å². The maximum Gasteiger partial charge on any atom is 0.146 e. The van der Waals surface area contributed by atoms with Gasteiger partial charge in [0.2, 0.25) is 0 Å². The molecule has 0 spiro atoms. The Bertz CT molecular complexity index is 437. The number of hydrogen-bond acceptors (Lipinski definition) is 3. The zero-order valence-electron chi connectivity index (χ0n) is 9.97. The summed E-state index contributed by atoms with van der Waals surface area (Å²) in [4.78, 5) is 6.73. The van der Waals surface area contributed by atoms with Crippen molar-refractivity contribution in [2.75, 3.05) is 18.0 Å². The molecule has 3 rings (SSSR count). The Morgan fingerprint density at radius 3 is 2.76 bits per heavy atom. The third-order valence-corrected chi connectivity index (χ3v) is 4.06. The van der Waals surface area contributed by atoms with E-state index in [9.17, 15) is 0 Å². The molecule has 1 aliphatic carbocycles. The van der Waals surface area contributed by atoms with Crippen LogP contribution in [0.3, 0.4) is 0 Å². The van der Waals surface area contributed by atoms with Gasteiger partial charge in [-0.25, -0.2) is 4.98 Å². The molecule has 2 fully saturated rings. The van der Waals surface area contributed by atoms with Gasteiger partial charge >= 0.3 is 0 Å². The lowest BCUT2D eigenvalue weighted by Crippen LogP contribution is -2.43. The van der Waals surface area contributed by atoms with Crippen LogP contribution in [0.4, 0.5) is 5.82 Å². The molecule has 0 aromatic carbocycles. The van der Waals surface area contributed by atoms with Crippen LogP contribution in [0.2, 0.25) is 0 Å². The number of aromatic nitrogens is 1. The van der Waals surface area contributed by atoms with Gasteiger partial charge in [-0.1, -0.05) is 6.42 Å². The van der Waals surface area contributed by atoms with E-state index in [1.54, 1.807) is 6.20 Å². The first kappa shape index (κ1) is 10.6. The summed E-state index contributed by atoms with van der Waals surface area (Å²) >= 11 is 0. The number of fused-ring (bicyclic) bond motifs is 2. The monoisotopic (exact) mass is 227 g/mol. The molecule has 0 amide bonds. The molecule has 2 atom stereocenters. The van der Waals surface area contributed by atoms with Gasteiger partial charge in [0, 0.05) is 19.3 Å². The summed E-state index contributed by atoms with van der Waals surface area (Å²) in [6, 6.07) is 5.96. The second-order valence-corrected chi connectivity index (χ2v) is 5.29. The second-order valence-electron chi connectivity index (χ2n) is 5.29. The molecule has 1 saturated heterocycles. The average Bonchev–Trinajstić information content (AvgIpc) is 2.38. The highest BCUT2D eigenvalue weighted by Gasteiger charge is 2.31. The first-order valence-corrected chi connectivity index (χ1v) is 6.47. The summed E-state index contributed by atoms with van der Waals surface area (Å²) in [5.74, 6) is 2.53. The molecule has 1 aliphatic heterocycles. The summed E-state index contributed by atoms with van der Waals surface area (Å²) in [6.07, 6.45) is 7.26. The number of pyridine rings is 1. The Kier molecular flexibility index (Phi) is 2.72. The van der Waals surface area contributed by atoms with Crippen LogP contribution >= 0.6 is 0 Å². The van der Waals surface area contributed by atoms with E-state index in [2.05, 4.69) is 16.0 Å². The standard InChI is InChI=1S/C14H17N3/c15-8-13-5-2-6-16-14(13)17-9-11-3-1-4-12(7-11)10-17/h2,5-6,11-12H,1,3-4,7,9-10H2. The maximum absolute atomic E-state index is 9.14. The van der Waals surface area contributed by atoms with E-state index < -0.39 is 0 Å². The van der Waals surface area contributed by atoms with E-state index >= 15 is 0 Å². The lowest BCUT2D eigenvalue weighted by molar-refractivity contribution is 0.230. The fourth-order valence-corrected chi connectivity index (χ4v) is 3.34. The highest BCUT2D eigenvalue weighted by atomic mass is 15.2. The molecule has 0 N–H and O–H groups in total. The molecule has 88 valence electrons. The number of rotatable bonds is 1. The van der Waals surface area contributed by atoms with Gasteiger partial charge < -0.3 is 4.90 Å². The predicted octanol–water partition coefficient (Wildman–Crippen LogP) is 2.58. The van der Waals surface area contributed by atoms with Gasteiger partial charge in [0.05, 0.1) is 5.56 Å². The van der Waals surface area contributed by atoms with E-state index in [1.807, 2.05) is 12.1 Å². The number of hydrogen-bond donors (Lipinski definition) is 0. The highest BCUT2D eigenvalue weighted by molar-refractivity contribution is 5.53. The zero-order chi connectivity index (χ0) is 11.7. The van der Waals surface area contributed by atoms with Crippen molar-refractivity contribution in [1.82, 2.24) is 4.98 Å². The van der Waals surface area contributed by atoms with Crippen molar-refractivity contribution in [3.05, 3.63) is 23.9 Å². The minimum Gasteiger partial charge on any atom is -0.355 e. The fraction of sp³-hybridized carbons (Fsp3) is 0.571. The van der Waals surface area contributed by atoms with Gasteiger partial charge in [0.15, 0.2) is 0 Å².